The summed E-state index contributed by atoms with van der Waals surface area (Å²) in [6.45, 7) is 18.3. The zero-order chi connectivity index (χ0) is 14.2. The lowest BCUT2D eigenvalue weighted by Gasteiger charge is -2.35. The second-order valence-electron chi connectivity index (χ2n) is 6.47. The minimum absolute atomic E-state index is 0.220. The van der Waals surface area contributed by atoms with Crippen molar-refractivity contribution in [2.45, 2.75) is 79.3 Å². The van der Waals surface area contributed by atoms with Crippen LogP contribution in [0.3, 0.4) is 0 Å². The summed E-state index contributed by atoms with van der Waals surface area (Å²) in [5, 5.41) is 7.43. The SMILES string of the molecule is CCC(CC)CNCC(CC)NC(C)(C)C(C)C. The summed E-state index contributed by atoms with van der Waals surface area (Å²) < 4.78 is 0. The van der Waals surface area contributed by atoms with Gasteiger partial charge in [-0.05, 0) is 38.6 Å². The van der Waals surface area contributed by atoms with Crippen molar-refractivity contribution in [2.75, 3.05) is 13.1 Å². The Kier molecular flexibility index (Phi) is 8.89. The first-order chi connectivity index (χ1) is 8.37. The molecule has 0 heterocycles. The van der Waals surface area contributed by atoms with Crippen molar-refractivity contribution in [1.82, 2.24) is 10.6 Å². The van der Waals surface area contributed by atoms with Gasteiger partial charge in [0.25, 0.3) is 0 Å². The quantitative estimate of drug-likeness (QED) is 0.621. The Morgan fingerprint density at radius 3 is 1.83 bits per heavy atom. The third-order valence-electron chi connectivity index (χ3n) is 4.49. The molecule has 0 aromatic heterocycles. The van der Waals surface area contributed by atoms with E-state index in [1.807, 2.05) is 0 Å². The predicted molar refractivity (Wildman–Crippen MR) is 83.1 cm³/mol. The summed E-state index contributed by atoms with van der Waals surface area (Å²) >= 11 is 0. The Morgan fingerprint density at radius 2 is 1.44 bits per heavy atom. The third-order valence-corrected chi connectivity index (χ3v) is 4.49. The number of nitrogens with one attached hydrogen (secondary N) is 2. The van der Waals surface area contributed by atoms with E-state index in [0.29, 0.717) is 12.0 Å². The zero-order valence-corrected chi connectivity index (χ0v) is 13.8. The van der Waals surface area contributed by atoms with E-state index in [1.54, 1.807) is 0 Å². The lowest BCUT2D eigenvalue weighted by Crippen LogP contribution is -2.52. The Bertz CT molecular complexity index is 195. The van der Waals surface area contributed by atoms with Crippen LogP contribution in [0.15, 0.2) is 0 Å². The minimum Gasteiger partial charge on any atom is -0.315 e. The monoisotopic (exact) mass is 256 g/mol. The smallest absolute Gasteiger partial charge is 0.0194 e. The topological polar surface area (TPSA) is 24.1 Å². The van der Waals surface area contributed by atoms with E-state index in [2.05, 4.69) is 59.1 Å². The van der Waals surface area contributed by atoms with Crippen LogP contribution in [0.2, 0.25) is 0 Å². The lowest BCUT2D eigenvalue weighted by molar-refractivity contribution is 0.245. The second-order valence-corrected chi connectivity index (χ2v) is 6.47. The van der Waals surface area contributed by atoms with E-state index in [9.17, 15) is 0 Å². The zero-order valence-electron chi connectivity index (χ0n) is 13.8. The minimum atomic E-state index is 0.220. The van der Waals surface area contributed by atoms with Crippen LogP contribution < -0.4 is 10.6 Å². The average molecular weight is 256 g/mol. The molecule has 0 radical (unpaired) electrons. The largest absolute Gasteiger partial charge is 0.315 e. The van der Waals surface area contributed by atoms with Crippen LogP contribution in [0, 0.1) is 11.8 Å². The van der Waals surface area contributed by atoms with E-state index in [0.717, 1.165) is 19.0 Å². The molecule has 2 heteroatoms. The molecule has 0 saturated carbocycles. The van der Waals surface area contributed by atoms with Crippen LogP contribution in [0.4, 0.5) is 0 Å². The van der Waals surface area contributed by atoms with Crippen molar-refractivity contribution in [3.63, 3.8) is 0 Å². The van der Waals surface area contributed by atoms with Gasteiger partial charge in [0.15, 0.2) is 0 Å². The molecule has 0 aliphatic heterocycles. The van der Waals surface area contributed by atoms with Crippen LogP contribution in [0.25, 0.3) is 0 Å². The van der Waals surface area contributed by atoms with Gasteiger partial charge >= 0.3 is 0 Å². The Morgan fingerprint density at radius 1 is 0.889 bits per heavy atom. The third kappa shape index (κ3) is 6.75. The Labute approximate surface area is 115 Å². The van der Waals surface area contributed by atoms with E-state index >= 15 is 0 Å². The van der Waals surface area contributed by atoms with Gasteiger partial charge < -0.3 is 10.6 Å². The van der Waals surface area contributed by atoms with Crippen LogP contribution in [-0.2, 0) is 0 Å². The Balaban J connectivity index is 4.05. The molecular formula is C16H36N2. The first-order valence-electron chi connectivity index (χ1n) is 7.85. The molecule has 18 heavy (non-hydrogen) atoms. The maximum Gasteiger partial charge on any atom is 0.0194 e. The van der Waals surface area contributed by atoms with Crippen LogP contribution in [-0.4, -0.2) is 24.7 Å². The van der Waals surface area contributed by atoms with Crippen molar-refractivity contribution >= 4 is 0 Å². The van der Waals surface area contributed by atoms with Gasteiger partial charge in [0.2, 0.25) is 0 Å². The highest BCUT2D eigenvalue weighted by Gasteiger charge is 2.24. The summed E-state index contributed by atoms with van der Waals surface area (Å²) in [5.74, 6) is 1.49. The van der Waals surface area contributed by atoms with Crippen LogP contribution in [0.1, 0.15) is 67.7 Å². The first kappa shape index (κ1) is 17.9. The molecule has 0 saturated heterocycles. The first-order valence-corrected chi connectivity index (χ1v) is 7.85. The van der Waals surface area contributed by atoms with Crippen molar-refractivity contribution in [2.24, 2.45) is 11.8 Å². The summed E-state index contributed by atoms with van der Waals surface area (Å²) in [6.07, 6.45) is 3.75. The molecule has 0 aliphatic rings. The van der Waals surface area contributed by atoms with Gasteiger partial charge in [0.1, 0.15) is 0 Å². The molecule has 0 spiro atoms. The number of rotatable bonds is 10. The molecule has 2 N–H and O–H groups in total. The Hall–Kier alpha value is -0.0800. The molecule has 0 aromatic rings. The highest BCUT2D eigenvalue weighted by atomic mass is 15.0. The van der Waals surface area contributed by atoms with E-state index in [4.69, 9.17) is 0 Å². The molecule has 0 bridgehead atoms. The van der Waals surface area contributed by atoms with Crippen molar-refractivity contribution in [3.8, 4) is 0 Å². The highest BCUT2D eigenvalue weighted by Crippen LogP contribution is 2.16. The maximum atomic E-state index is 3.79. The second kappa shape index (κ2) is 8.92. The fourth-order valence-corrected chi connectivity index (χ4v) is 2.03. The standard InChI is InChI=1S/C16H36N2/c1-8-14(9-2)11-17-12-15(10-3)18-16(6,7)13(4)5/h13-15,17-18H,8-12H2,1-7H3. The van der Waals surface area contributed by atoms with E-state index in [1.165, 1.54) is 19.3 Å². The molecule has 2 nitrogen and oxygen atoms in total. The normalized spacial score (nSPS) is 14.5. The molecule has 0 fully saturated rings. The number of hydrogen-bond acceptors (Lipinski definition) is 2. The van der Waals surface area contributed by atoms with Gasteiger partial charge in [-0.2, -0.15) is 0 Å². The van der Waals surface area contributed by atoms with Gasteiger partial charge in [0.05, 0.1) is 0 Å². The summed E-state index contributed by atoms with van der Waals surface area (Å²) in [4.78, 5) is 0. The molecule has 0 aromatic carbocycles. The fourth-order valence-electron chi connectivity index (χ4n) is 2.03. The molecule has 1 unspecified atom stereocenters. The molecule has 0 aliphatic carbocycles. The van der Waals surface area contributed by atoms with E-state index < -0.39 is 0 Å². The lowest BCUT2D eigenvalue weighted by atomic mass is 9.89. The van der Waals surface area contributed by atoms with Crippen molar-refractivity contribution in [3.05, 3.63) is 0 Å². The van der Waals surface area contributed by atoms with Gasteiger partial charge in [-0.3, -0.25) is 0 Å². The highest BCUT2D eigenvalue weighted by molar-refractivity contribution is 4.85. The number of hydrogen-bond donors (Lipinski definition) is 2. The molecule has 110 valence electrons. The summed E-state index contributed by atoms with van der Waals surface area (Å²) in [6, 6.07) is 0.580. The predicted octanol–water partition coefficient (Wildman–Crippen LogP) is 3.82. The van der Waals surface area contributed by atoms with Crippen molar-refractivity contribution < 1.29 is 0 Å². The van der Waals surface area contributed by atoms with Crippen molar-refractivity contribution in [1.29, 1.82) is 0 Å². The average Bonchev–Trinajstić information content (AvgIpc) is 2.32. The fraction of sp³-hybridized carbons (Fsp3) is 1.00. The molecule has 0 rings (SSSR count). The van der Waals surface area contributed by atoms with Gasteiger partial charge in [-0.1, -0.05) is 47.5 Å². The summed E-state index contributed by atoms with van der Waals surface area (Å²) in [5.41, 5.74) is 0.220. The molecule has 1 atom stereocenters. The van der Waals surface area contributed by atoms with E-state index in [-0.39, 0.29) is 5.54 Å². The maximum absolute atomic E-state index is 3.79. The van der Waals surface area contributed by atoms with Gasteiger partial charge in [-0.25, -0.2) is 0 Å². The van der Waals surface area contributed by atoms with Gasteiger partial charge in [0, 0.05) is 18.1 Å². The molecular weight excluding hydrogens is 220 g/mol. The summed E-state index contributed by atoms with van der Waals surface area (Å²) in [7, 11) is 0. The van der Waals surface area contributed by atoms with Crippen LogP contribution in [0.5, 0.6) is 0 Å². The molecule has 0 amide bonds. The van der Waals surface area contributed by atoms with Crippen LogP contribution >= 0.6 is 0 Å². The van der Waals surface area contributed by atoms with Gasteiger partial charge in [-0.15, -0.1) is 0 Å².